The van der Waals surface area contributed by atoms with Gasteiger partial charge in [0.1, 0.15) is 5.69 Å². The SMILES string of the molecule is C=CC1=C(/C=C\C)Cc2nc(-n3c4ccccc4c4c5ccccc5c5c(sc6ccc7ccccc7c65)c43)c(-c3ccc4c(c3)C(C)(C)c3ccccc3-4)nc21. The van der Waals surface area contributed by atoms with Gasteiger partial charge in [-0.1, -0.05) is 148 Å². The zero-order valence-corrected chi connectivity index (χ0v) is 32.8. The lowest BCUT2D eigenvalue weighted by Crippen LogP contribution is -2.15. The number of benzene rings is 7. The lowest BCUT2D eigenvalue weighted by molar-refractivity contribution is 0.660. The highest BCUT2D eigenvalue weighted by Crippen LogP contribution is 2.52. The van der Waals surface area contributed by atoms with Gasteiger partial charge in [0.05, 0.1) is 27.1 Å². The molecule has 7 aromatic carbocycles. The van der Waals surface area contributed by atoms with Gasteiger partial charge in [0.25, 0.3) is 0 Å². The summed E-state index contributed by atoms with van der Waals surface area (Å²) in [7, 11) is 0. The molecule has 3 aromatic heterocycles. The first kappa shape index (κ1) is 32.6. The molecule has 0 spiro atoms. The molecule has 2 aliphatic rings. The van der Waals surface area contributed by atoms with Crippen molar-refractivity contribution < 1.29 is 0 Å². The molecule has 0 atom stereocenters. The van der Waals surface area contributed by atoms with Gasteiger partial charge in [-0.15, -0.1) is 11.3 Å². The minimum atomic E-state index is -0.157. The number of rotatable bonds is 4. The van der Waals surface area contributed by atoms with Crippen molar-refractivity contribution in [3.8, 4) is 28.2 Å². The number of para-hydroxylation sites is 1. The van der Waals surface area contributed by atoms with Crippen molar-refractivity contribution in [1.82, 2.24) is 14.5 Å². The average Bonchev–Trinajstić information content (AvgIpc) is 3.97. The van der Waals surface area contributed by atoms with E-state index in [1.165, 1.54) is 85.8 Å². The molecule has 0 amide bonds. The molecule has 0 saturated carbocycles. The molecule has 12 rings (SSSR count). The Morgan fingerprint density at radius 1 is 0.684 bits per heavy atom. The fraction of sp³-hybridized carbons (Fsp3) is 0.0943. The molecular formula is C53H37N3S. The van der Waals surface area contributed by atoms with Crippen LogP contribution in [-0.4, -0.2) is 14.5 Å². The normalized spacial score (nSPS) is 14.6. The first-order valence-corrected chi connectivity index (χ1v) is 20.6. The van der Waals surface area contributed by atoms with E-state index in [2.05, 4.69) is 171 Å². The highest BCUT2D eigenvalue weighted by atomic mass is 32.1. The summed E-state index contributed by atoms with van der Waals surface area (Å²) in [5.74, 6) is 0.859. The maximum absolute atomic E-state index is 5.74. The summed E-state index contributed by atoms with van der Waals surface area (Å²) in [6, 6.07) is 47.1. The van der Waals surface area contributed by atoms with Gasteiger partial charge in [0.15, 0.2) is 5.82 Å². The largest absolute Gasteiger partial charge is 0.290 e. The van der Waals surface area contributed by atoms with Crippen LogP contribution in [0.1, 0.15) is 43.3 Å². The number of nitrogens with zero attached hydrogens (tertiary/aromatic N) is 3. The number of fused-ring (bicyclic) bond motifs is 16. The maximum Gasteiger partial charge on any atom is 0.164 e. The van der Waals surface area contributed by atoms with E-state index in [0.29, 0.717) is 6.42 Å². The topological polar surface area (TPSA) is 30.7 Å². The molecule has 10 aromatic rings. The second-order valence-electron chi connectivity index (χ2n) is 16.0. The molecule has 57 heavy (non-hydrogen) atoms. The van der Waals surface area contributed by atoms with Gasteiger partial charge in [-0.3, -0.25) is 4.57 Å². The average molecular weight is 748 g/mol. The van der Waals surface area contributed by atoms with Crippen LogP contribution in [0.3, 0.4) is 0 Å². The molecule has 0 N–H and O–H groups in total. The summed E-state index contributed by atoms with van der Waals surface area (Å²) in [5, 5.41) is 10.2. The van der Waals surface area contributed by atoms with Gasteiger partial charge >= 0.3 is 0 Å². The summed E-state index contributed by atoms with van der Waals surface area (Å²) < 4.78 is 5.01. The molecule has 0 aliphatic heterocycles. The number of aromatic nitrogens is 3. The van der Waals surface area contributed by atoms with Crippen molar-refractivity contribution in [2.75, 3.05) is 0 Å². The Morgan fingerprint density at radius 3 is 2.23 bits per heavy atom. The summed E-state index contributed by atoms with van der Waals surface area (Å²) in [5.41, 5.74) is 13.5. The summed E-state index contributed by atoms with van der Waals surface area (Å²) in [4.78, 5) is 11.4. The van der Waals surface area contributed by atoms with Crippen LogP contribution in [0.15, 0.2) is 158 Å². The third-order valence-electron chi connectivity index (χ3n) is 12.7. The zero-order valence-electron chi connectivity index (χ0n) is 32.0. The van der Waals surface area contributed by atoms with Crippen LogP contribution in [-0.2, 0) is 11.8 Å². The third-order valence-corrected chi connectivity index (χ3v) is 13.8. The Labute approximate surface area is 334 Å². The molecule has 2 aliphatic carbocycles. The van der Waals surface area contributed by atoms with E-state index in [0.717, 1.165) is 39.6 Å². The van der Waals surface area contributed by atoms with Crippen molar-refractivity contribution in [2.24, 2.45) is 0 Å². The number of allylic oxidation sites excluding steroid dienone is 5. The zero-order chi connectivity index (χ0) is 38.2. The number of hydrogen-bond donors (Lipinski definition) is 0. The number of hydrogen-bond acceptors (Lipinski definition) is 3. The summed E-state index contributed by atoms with van der Waals surface area (Å²) in [6.07, 6.45) is 6.96. The fourth-order valence-corrected chi connectivity index (χ4v) is 11.4. The van der Waals surface area contributed by atoms with E-state index in [-0.39, 0.29) is 5.41 Å². The first-order chi connectivity index (χ1) is 28.0. The molecule has 0 unspecified atom stereocenters. The fourth-order valence-electron chi connectivity index (χ4n) is 10.2. The van der Waals surface area contributed by atoms with E-state index in [4.69, 9.17) is 9.97 Å². The van der Waals surface area contributed by atoms with Crippen LogP contribution in [0.25, 0.3) is 97.3 Å². The van der Waals surface area contributed by atoms with E-state index in [9.17, 15) is 0 Å². The Kier molecular flexibility index (Phi) is 6.69. The Hall–Kier alpha value is -6.62. The predicted molar refractivity (Wildman–Crippen MR) is 243 cm³/mol. The standard InChI is InChI=1S/C53H37N3S/c1-5-15-31-29-42-49(33(31)6-2)55-48(32-24-26-36-35-18-11-13-22-40(35)53(3,4)41(36)28-32)52(54-42)56-43-23-14-12-21-39(43)45-37-19-9-10-20-38(37)47-46-34-17-8-7-16-30(34)25-27-44(46)57-51(47)50(45)56/h5-28H,2,29H2,1,3-4H3/b15-5-. The third kappa shape index (κ3) is 4.31. The highest BCUT2D eigenvalue weighted by Gasteiger charge is 2.36. The van der Waals surface area contributed by atoms with E-state index >= 15 is 0 Å². The minimum Gasteiger partial charge on any atom is -0.290 e. The molecular weight excluding hydrogens is 711 g/mol. The quantitative estimate of drug-likeness (QED) is 0.179. The summed E-state index contributed by atoms with van der Waals surface area (Å²) in [6.45, 7) is 11.0. The second kappa shape index (κ2) is 11.7. The van der Waals surface area contributed by atoms with Gasteiger partial charge in [0, 0.05) is 49.2 Å². The van der Waals surface area contributed by atoms with Crippen LogP contribution in [0.4, 0.5) is 0 Å². The Bertz CT molecular complexity index is 3500. The van der Waals surface area contributed by atoms with Gasteiger partial charge < -0.3 is 0 Å². The van der Waals surface area contributed by atoms with E-state index < -0.39 is 0 Å². The molecule has 0 radical (unpaired) electrons. The van der Waals surface area contributed by atoms with Crippen molar-refractivity contribution in [3.05, 3.63) is 180 Å². The Balaban J connectivity index is 1.25. The molecule has 4 heteroatoms. The molecule has 270 valence electrons. The van der Waals surface area contributed by atoms with Crippen molar-refractivity contribution in [1.29, 1.82) is 0 Å². The van der Waals surface area contributed by atoms with Gasteiger partial charge in [-0.2, -0.15) is 0 Å². The lowest BCUT2D eigenvalue weighted by atomic mass is 9.82. The van der Waals surface area contributed by atoms with E-state index in [1.54, 1.807) is 0 Å². The predicted octanol–water partition coefficient (Wildman–Crippen LogP) is 14.3. The first-order valence-electron chi connectivity index (χ1n) is 19.8. The van der Waals surface area contributed by atoms with E-state index in [1.807, 2.05) is 17.4 Å². The second-order valence-corrected chi connectivity index (χ2v) is 17.1. The number of thiophene rings is 1. The molecule has 3 nitrogen and oxygen atoms in total. The van der Waals surface area contributed by atoms with Gasteiger partial charge in [0.2, 0.25) is 0 Å². The highest BCUT2D eigenvalue weighted by molar-refractivity contribution is 7.27. The van der Waals surface area contributed by atoms with Gasteiger partial charge in [-0.05, 0) is 74.5 Å². The van der Waals surface area contributed by atoms with Crippen molar-refractivity contribution in [3.63, 3.8) is 0 Å². The van der Waals surface area contributed by atoms with Crippen LogP contribution in [0, 0.1) is 0 Å². The molecule has 3 heterocycles. The van der Waals surface area contributed by atoms with Crippen LogP contribution >= 0.6 is 11.3 Å². The van der Waals surface area contributed by atoms with Gasteiger partial charge in [-0.25, -0.2) is 9.97 Å². The summed E-state index contributed by atoms with van der Waals surface area (Å²) >= 11 is 1.89. The smallest absolute Gasteiger partial charge is 0.164 e. The monoisotopic (exact) mass is 747 g/mol. The lowest BCUT2D eigenvalue weighted by Gasteiger charge is -2.22. The van der Waals surface area contributed by atoms with Crippen molar-refractivity contribution >= 4 is 80.4 Å². The van der Waals surface area contributed by atoms with Crippen LogP contribution < -0.4 is 0 Å². The Morgan fingerprint density at radius 2 is 1.40 bits per heavy atom. The van der Waals surface area contributed by atoms with Crippen molar-refractivity contribution in [2.45, 2.75) is 32.6 Å². The van der Waals surface area contributed by atoms with Crippen LogP contribution in [0.5, 0.6) is 0 Å². The van der Waals surface area contributed by atoms with Crippen LogP contribution in [0.2, 0.25) is 0 Å². The minimum absolute atomic E-state index is 0.157. The molecule has 0 saturated heterocycles. The molecule has 0 bridgehead atoms. The maximum atomic E-state index is 5.74. The molecule has 0 fully saturated rings.